The highest BCUT2D eigenvalue weighted by Gasteiger charge is 2.20. The van der Waals surface area contributed by atoms with E-state index in [1.54, 1.807) is 0 Å². The summed E-state index contributed by atoms with van der Waals surface area (Å²) < 4.78 is 28.5. The fourth-order valence-electron chi connectivity index (χ4n) is 3.20. The lowest BCUT2D eigenvalue weighted by Crippen LogP contribution is -2.38. The zero-order valence-corrected chi connectivity index (χ0v) is 14.3. The van der Waals surface area contributed by atoms with Crippen LogP contribution in [0.2, 0.25) is 0 Å². The Labute approximate surface area is 145 Å². The molecule has 6 nitrogen and oxygen atoms in total. The van der Waals surface area contributed by atoms with Gasteiger partial charge >= 0.3 is 0 Å². The Morgan fingerprint density at radius 3 is 2.64 bits per heavy atom. The molecule has 0 amide bonds. The van der Waals surface area contributed by atoms with Gasteiger partial charge in [-0.2, -0.15) is 5.10 Å². The van der Waals surface area contributed by atoms with Crippen molar-refractivity contribution in [3.63, 3.8) is 0 Å². The van der Waals surface area contributed by atoms with E-state index in [1.165, 1.54) is 10.9 Å². The van der Waals surface area contributed by atoms with Gasteiger partial charge in [-0.3, -0.25) is 14.0 Å². The van der Waals surface area contributed by atoms with Gasteiger partial charge in [0.05, 0.1) is 19.1 Å². The molecule has 136 valence electrons. The summed E-state index contributed by atoms with van der Waals surface area (Å²) in [5.41, 5.74) is 0.308. The quantitative estimate of drug-likeness (QED) is 0.800. The normalized spacial score (nSPS) is 16.6. The van der Waals surface area contributed by atoms with E-state index in [-0.39, 0.29) is 0 Å². The van der Waals surface area contributed by atoms with Crippen LogP contribution in [0.15, 0.2) is 29.6 Å². The minimum atomic E-state index is -2.70. The highest BCUT2D eigenvalue weighted by atomic mass is 19.3. The van der Waals surface area contributed by atoms with Crippen LogP contribution in [-0.2, 0) is 13.1 Å². The van der Waals surface area contributed by atoms with Crippen LogP contribution < -0.4 is 5.56 Å². The number of hydrogen-bond donors (Lipinski definition) is 0. The summed E-state index contributed by atoms with van der Waals surface area (Å²) in [7, 11) is 0. The molecule has 3 rings (SSSR count). The van der Waals surface area contributed by atoms with E-state index in [0.717, 1.165) is 50.7 Å². The summed E-state index contributed by atoms with van der Waals surface area (Å²) >= 11 is 0. The Hall–Kier alpha value is -2.09. The summed E-state index contributed by atoms with van der Waals surface area (Å²) in [6, 6.07) is 0.936. The summed E-state index contributed by atoms with van der Waals surface area (Å²) in [5.74, 6) is 0.375. The molecular weight excluding hydrogens is 328 g/mol. The molecule has 3 heterocycles. The van der Waals surface area contributed by atoms with E-state index in [2.05, 4.69) is 15.0 Å². The van der Waals surface area contributed by atoms with Crippen molar-refractivity contribution in [2.24, 2.45) is 5.92 Å². The lowest BCUT2D eigenvalue weighted by Gasteiger charge is -2.32. The molecule has 8 heteroatoms. The number of aryl methyl sites for hydroxylation is 1. The second kappa shape index (κ2) is 7.86. The van der Waals surface area contributed by atoms with Crippen molar-refractivity contribution in [2.45, 2.75) is 39.3 Å². The fraction of sp³-hybridized carbons (Fsp3) is 0.588. The molecule has 0 spiro atoms. The molecule has 25 heavy (non-hydrogen) atoms. The van der Waals surface area contributed by atoms with Crippen molar-refractivity contribution >= 4 is 0 Å². The Morgan fingerprint density at radius 1 is 1.28 bits per heavy atom. The van der Waals surface area contributed by atoms with E-state index in [9.17, 15) is 13.6 Å². The van der Waals surface area contributed by atoms with Gasteiger partial charge in [0.15, 0.2) is 0 Å². The number of likely N-dealkylation sites (tertiary alicyclic amines) is 1. The molecule has 2 aromatic heterocycles. The summed E-state index contributed by atoms with van der Waals surface area (Å²) in [4.78, 5) is 18.0. The highest BCUT2D eigenvalue weighted by molar-refractivity contribution is 5.01. The fourth-order valence-corrected chi connectivity index (χ4v) is 3.20. The van der Waals surface area contributed by atoms with Gasteiger partial charge in [-0.25, -0.2) is 13.8 Å². The van der Waals surface area contributed by atoms with Crippen LogP contribution in [0.1, 0.15) is 30.5 Å². The molecule has 2 aromatic rings. The third-order valence-electron chi connectivity index (χ3n) is 4.69. The number of piperidine rings is 1. The van der Waals surface area contributed by atoms with Gasteiger partial charge in [-0.05, 0) is 44.3 Å². The summed E-state index contributed by atoms with van der Waals surface area (Å²) in [5, 5.41) is 4.29. The van der Waals surface area contributed by atoms with Gasteiger partial charge < -0.3 is 4.90 Å². The van der Waals surface area contributed by atoms with Gasteiger partial charge in [0, 0.05) is 25.4 Å². The van der Waals surface area contributed by atoms with Crippen molar-refractivity contribution in [3.8, 4) is 0 Å². The first-order valence-electron chi connectivity index (χ1n) is 8.57. The maximum absolute atomic E-state index is 12.6. The second-order valence-electron chi connectivity index (χ2n) is 6.67. The van der Waals surface area contributed by atoms with E-state index >= 15 is 0 Å². The van der Waals surface area contributed by atoms with Crippen LogP contribution in [-0.4, -0.2) is 43.9 Å². The smallest absolute Gasteiger partial charge is 0.280 e. The molecule has 0 radical (unpaired) electrons. The number of hydrogen-bond acceptors (Lipinski definition) is 4. The molecule has 0 unspecified atom stereocenters. The molecule has 0 aromatic carbocycles. The minimum Gasteiger partial charge on any atom is -0.301 e. The Kier molecular flexibility index (Phi) is 5.57. The SMILES string of the molecule is Cc1cnn(CCN2CCC(Cn3cnc(C(F)F)cc3=O)CC2)c1. The average Bonchev–Trinajstić information content (AvgIpc) is 3.01. The molecule has 1 fully saturated rings. The molecular formula is C17H23F2N5O. The van der Waals surface area contributed by atoms with Gasteiger partial charge in [-0.15, -0.1) is 0 Å². The van der Waals surface area contributed by atoms with Gasteiger partial charge in [0.25, 0.3) is 12.0 Å². The van der Waals surface area contributed by atoms with Crippen LogP contribution >= 0.6 is 0 Å². The van der Waals surface area contributed by atoms with Gasteiger partial charge in [0.1, 0.15) is 5.69 Å². The van der Waals surface area contributed by atoms with E-state index in [0.29, 0.717) is 12.5 Å². The van der Waals surface area contributed by atoms with Crippen LogP contribution in [0.5, 0.6) is 0 Å². The monoisotopic (exact) mass is 351 g/mol. The number of rotatable bonds is 6. The zero-order chi connectivity index (χ0) is 17.8. The molecule has 0 atom stereocenters. The highest BCUT2D eigenvalue weighted by Crippen LogP contribution is 2.19. The molecule has 0 N–H and O–H groups in total. The summed E-state index contributed by atoms with van der Waals surface area (Å²) in [6.45, 7) is 6.35. The molecule has 1 aliphatic rings. The summed E-state index contributed by atoms with van der Waals surface area (Å²) in [6.07, 6.45) is 4.41. The first-order valence-corrected chi connectivity index (χ1v) is 8.57. The third kappa shape index (κ3) is 4.72. The lowest BCUT2D eigenvalue weighted by atomic mass is 9.96. The zero-order valence-electron chi connectivity index (χ0n) is 14.3. The van der Waals surface area contributed by atoms with Crippen molar-refractivity contribution in [2.75, 3.05) is 19.6 Å². The number of halogens is 2. The molecule has 1 aliphatic heterocycles. The maximum Gasteiger partial charge on any atom is 0.280 e. The Morgan fingerprint density at radius 2 is 2.04 bits per heavy atom. The van der Waals surface area contributed by atoms with Crippen LogP contribution in [0, 0.1) is 12.8 Å². The van der Waals surface area contributed by atoms with Gasteiger partial charge in [-0.1, -0.05) is 0 Å². The van der Waals surface area contributed by atoms with Crippen LogP contribution in [0.25, 0.3) is 0 Å². The Bertz CT molecular complexity index is 749. The van der Waals surface area contributed by atoms with Crippen molar-refractivity contribution in [1.82, 2.24) is 24.2 Å². The standard InChI is InChI=1S/C17H23F2N5O/c1-13-9-21-24(10-13)7-6-22-4-2-14(3-5-22)11-23-12-20-15(17(18)19)8-16(23)25/h8-10,12,14,17H,2-7,11H2,1H3. The van der Waals surface area contributed by atoms with Crippen molar-refractivity contribution in [3.05, 3.63) is 46.4 Å². The van der Waals surface area contributed by atoms with Crippen molar-refractivity contribution < 1.29 is 8.78 Å². The molecule has 0 bridgehead atoms. The molecule has 0 aliphatic carbocycles. The first kappa shape index (κ1) is 17.7. The average molecular weight is 351 g/mol. The van der Waals surface area contributed by atoms with E-state index in [1.807, 2.05) is 24.0 Å². The predicted octanol–water partition coefficient (Wildman–Crippen LogP) is 2.10. The minimum absolute atomic E-state index is 0.375. The number of nitrogens with zero attached hydrogens (tertiary/aromatic N) is 5. The van der Waals surface area contributed by atoms with E-state index < -0.39 is 17.7 Å². The molecule has 1 saturated heterocycles. The number of alkyl halides is 2. The number of aromatic nitrogens is 4. The largest absolute Gasteiger partial charge is 0.301 e. The topological polar surface area (TPSA) is 56.0 Å². The first-order chi connectivity index (χ1) is 12.0. The van der Waals surface area contributed by atoms with E-state index in [4.69, 9.17) is 0 Å². The van der Waals surface area contributed by atoms with Crippen LogP contribution in [0.4, 0.5) is 8.78 Å². The maximum atomic E-state index is 12.6. The Balaban J connectivity index is 1.47. The van der Waals surface area contributed by atoms with Crippen LogP contribution in [0.3, 0.4) is 0 Å². The van der Waals surface area contributed by atoms with Gasteiger partial charge in [0.2, 0.25) is 0 Å². The predicted molar refractivity (Wildman–Crippen MR) is 89.6 cm³/mol. The third-order valence-corrected chi connectivity index (χ3v) is 4.69. The lowest BCUT2D eigenvalue weighted by molar-refractivity contribution is 0.144. The second-order valence-corrected chi connectivity index (χ2v) is 6.67. The molecule has 0 saturated carbocycles. The van der Waals surface area contributed by atoms with Crippen molar-refractivity contribution in [1.29, 1.82) is 0 Å².